The number of rotatable bonds is 2. The Labute approximate surface area is 142 Å². The van der Waals surface area contributed by atoms with Gasteiger partial charge in [0, 0.05) is 17.2 Å². The van der Waals surface area contributed by atoms with Gasteiger partial charge in [-0.15, -0.1) is 0 Å². The van der Waals surface area contributed by atoms with Crippen molar-refractivity contribution in [3.63, 3.8) is 0 Å². The lowest BCUT2D eigenvalue weighted by molar-refractivity contribution is 0.474. The van der Waals surface area contributed by atoms with E-state index in [0.717, 1.165) is 22.2 Å². The van der Waals surface area contributed by atoms with Crippen molar-refractivity contribution < 1.29 is 13.9 Å². The Balaban J connectivity index is 1.53. The van der Waals surface area contributed by atoms with Crippen molar-refractivity contribution in [1.29, 1.82) is 0 Å². The summed E-state index contributed by atoms with van der Waals surface area (Å²) in [5, 5.41) is 9.53. The second-order valence-corrected chi connectivity index (χ2v) is 5.74. The molecule has 0 radical (unpaired) electrons. The molecule has 0 bridgehead atoms. The van der Waals surface area contributed by atoms with Gasteiger partial charge in [0.2, 0.25) is 11.8 Å². The fourth-order valence-electron chi connectivity index (χ4n) is 2.79. The van der Waals surface area contributed by atoms with Gasteiger partial charge in [-0.2, -0.15) is 0 Å². The van der Waals surface area contributed by atoms with Crippen molar-refractivity contribution in [1.82, 2.24) is 9.97 Å². The first kappa shape index (κ1) is 13.8. The van der Waals surface area contributed by atoms with Gasteiger partial charge in [0.05, 0.1) is 0 Å². The second-order valence-electron chi connectivity index (χ2n) is 5.74. The highest BCUT2D eigenvalue weighted by atomic mass is 16.4. The molecule has 25 heavy (non-hydrogen) atoms. The molecule has 120 valence electrons. The number of oxazole rings is 2. The van der Waals surface area contributed by atoms with E-state index in [1.165, 1.54) is 0 Å². The van der Waals surface area contributed by atoms with Crippen LogP contribution in [-0.2, 0) is 0 Å². The summed E-state index contributed by atoms with van der Waals surface area (Å²) in [5.41, 5.74) is 4.58. The first-order valence-corrected chi connectivity index (χ1v) is 7.82. The van der Waals surface area contributed by atoms with Gasteiger partial charge in [0.15, 0.2) is 11.2 Å². The number of fused-ring (bicyclic) bond motifs is 2. The van der Waals surface area contributed by atoms with Crippen LogP contribution in [0.2, 0.25) is 0 Å². The molecule has 1 N–H and O–H groups in total. The third kappa shape index (κ3) is 2.33. The fraction of sp³-hybridized carbons (Fsp3) is 0. The molecule has 0 unspecified atom stereocenters. The smallest absolute Gasteiger partial charge is 0.227 e. The van der Waals surface area contributed by atoms with Crippen LogP contribution in [0.25, 0.3) is 45.1 Å². The number of para-hydroxylation sites is 2. The summed E-state index contributed by atoms with van der Waals surface area (Å²) in [4.78, 5) is 8.94. The maximum atomic E-state index is 9.53. The van der Waals surface area contributed by atoms with E-state index in [9.17, 15) is 5.11 Å². The van der Waals surface area contributed by atoms with Crippen LogP contribution < -0.4 is 0 Å². The molecular formula is C20H12N2O3. The van der Waals surface area contributed by atoms with Crippen LogP contribution in [-0.4, -0.2) is 15.1 Å². The first-order valence-electron chi connectivity index (χ1n) is 7.82. The van der Waals surface area contributed by atoms with Crippen LogP contribution in [0.4, 0.5) is 0 Å². The topological polar surface area (TPSA) is 72.3 Å². The molecule has 0 aliphatic rings. The SMILES string of the molecule is Oc1ccc2nc(-c3ccc(-c4nc5ccccc5o4)cc3)oc2c1. The van der Waals surface area contributed by atoms with Gasteiger partial charge in [0.25, 0.3) is 0 Å². The Morgan fingerprint density at radius 2 is 1.24 bits per heavy atom. The van der Waals surface area contributed by atoms with Crippen LogP contribution in [0.15, 0.2) is 75.6 Å². The predicted octanol–water partition coefficient (Wildman–Crippen LogP) is 5.01. The molecule has 0 atom stereocenters. The van der Waals surface area contributed by atoms with Gasteiger partial charge < -0.3 is 13.9 Å². The maximum Gasteiger partial charge on any atom is 0.227 e. The molecule has 0 aliphatic heterocycles. The average molecular weight is 328 g/mol. The fourth-order valence-corrected chi connectivity index (χ4v) is 2.79. The average Bonchev–Trinajstić information content (AvgIpc) is 3.25. The number of hydrogen-bond acceptors (Lipinski definition) is 5. The highest BCUT2D eigenvalue weighted by Crippen LogP contribution is 2.29. The molecule has 0 aliphatic carbocycles. The second kappa shape index (κ2) is 5.21. The van der Waals surface area contributed by atoms with Gasteiger partial charge in [-0.3, -0.25) is 0 Å². The van der Waals surface area contributed by atoms with Crippen molar-refractivity contribution in [2.24, 2.45) is 0 Å². The zero-order chi connectivity index (χ0) is 16.8. The Kier molecular flexibility index (Phi) is 2.87. The molecule has 5 aromatic rings. The number of aromatic nitrogens is 2. The van der Waals surface area contributed by atoms with Crippen molar-refractivity contribution in [3.8, 4) is 28.7 Å². The molecule has 5 nitrogen and oxygen atoms in total. The van der Waals surface area contributed by atoms with Crippen LogP contribution >= 0.6 is 0 Å². The molecule has 0 saturated heterocycles. The highest BCUT2D eigenvalue weighted by molar-refractivity contribution is 5.79. The minimum atomic E-state index is 0.154. The first-order chi connectivity index (χ1) is 12.3. The number of nitrogens with zero attached hydrogens (tertiary/aromatic N) is 2. The summed E-state index contributed by atoms with van der Waals surface area (Å²) < 4.78 is 11.5. The molecule has 0 spiro atoms. The molecular weight excluding hydrogens is 316 g/mol. The van der Waals surface area contributed by atoms with Gasteiger partial charge in [-0.05, 0) is 48.5 Å². The van der Waals surface area contributed by atoms with E-state index in [2.05, 4.69) is 9.97 Å². The van der Waals surface area contributed by atoms with E-state index in [-0.39, 0.29) is 5.75 Å². The number of phenols is 1. The van der Waals surface area contributed by atoms with Crippen LogP contribution in [0.5, 0.6) is 5.75 Å². The van der Waals surface area contributed by atoms with Gasteiger partial charge in [0.1, 0.15) is 16.8 Å². The van der Waals surface area contributed by atoms with E-state index in [4.69, 9.17) is 8.83 Å². The summed E-state index contributed by atoms with van der Waals surface area (Å²) in [6.07, 6.45) is 0. The third-order valence-electron chi connectivity index (χ3n) is 4.04. The minimum absolute atomic E-state index is 0.154. The largest absolute Gasteiger partial charge is 0.508 e. The van der Waals surface area contributed by atoms with Crippen LogP contribution in [0, 0.1) is 0 Å². The number of phenolic OH excluding ortho intramolecular Hbond substituents is 1. The molecule has 2 heterocycles. The Morgan fingerprint density at radius 3 is 1.92 bits per heavy atom. The maximum absolute atomic E-state index is 9.53. The number of hydrogen-bond donors (Lipinski definition) is 1. The lowest BCUT2D eigenvalue weighted by Crippen LogP contribution is -1.80. The normalized spacial score (nSPS) is 11.4. The predicted molar refractivity (Wildman–Crippen MR) is 94.1 cm³/mol. The van der Waals surface area contributed by atoms with Crippen LogP contribution in [0.3, 0.4) is 0 Å². The number of benzene rings is 3. The standard InChI is InChI=1S/C20H12N2O3/c23-14-9-10-16-18(11-14)25-20(22-16)13-7-5-12(6-8-13)19-21-15-3-1-2-4-17(15)24-19/h1-11,23H. The molecule has 0 saturated carbocycles. The molecule has 3 aromatic carbocycles. The number of aromatic hydroxyl groups is 1. The molecule has 5 heteroatoms. The quantitative estimate of drug-likeness (QED) is 0.493. The lowest BCUT2D eigenvalue weighted by Gasteiger charge is -1.97. The van der Waals surface area contributed by atoms with E-state index in [0.29, 0.717) is 22.9 Å². The summed E-state index contributed by atoms with van der Waals surface area (Å²) >= 11 is 0. The summed E-state index contributed by atoms with van der Waals surface area (Å²) in [6.45, 7) is 0. The van der Waals surface area contributed by atoms with Crippen molar-refractivity contribution in [2.45, 2.75) is 0 Å². The van der Waals surface area contributed by atoms with E-state index in [1.54, 1.807) is 18.2 Å². The lowest BCUT2D eigenvalue weighted by atomic mass is 10.1. The Bertz CT molecular complexity index is 1170. The third-order valence-corrected chi connectivity index (χ3v) is 4.04. The van der Waals surface area contributed by atoms with Gasteiger partial charge >= 0.3 is 0 Å². The van der Waals surface area contributed by atoms with Crippen LogP contribution in [0.1, 0.15) is 0 Å². The van der Waals surface area contributed by atoms with Crippen molar-refractivity contribution in [2.75, 3.05) is 0 Å². The Hall–Kier alpha value is -3.60. The zero-order valence-electron chi connectivity index (χ0n) is 13.0. The highest BCUT2D eigenvalue weighted by Gasteiger charge is 2.11. The Morgan fingerprint density at radius 1 is 0.640 bits per heavy atom. The van der Waals surface area contributed by atoms with Crippen molar-refractivity contribution in [3.05, 3.63) is 66.7 Å². The molecule has 0 amide bonds. The molecule has 0 fully saturated rings. The molecule has 2 aromatic heterocycles. The van der Waals surface area contributed by atoms with E-state index in [1.807, 2.05) is 48.5 Å². The van der Waals surface area contributed by atoms with E-state index < -0.39 is 0 Å². The summed E-state index contributed by atoms with van der Waals surface area (Å²) in [5.74, 6) is 1.24. The zero-order valence-corrected chi connectivity index (χ0v) is 13.0. The van der Waals surface area contributed by atoms with Gasteiger partial charge in [-0.1, -0.05) is 12.1 Å². The molecule has 5 rings (SSSR count). The van der Waals surface area contributed by atoms with Gasteiger partial charge in [-0.25, -0.2) is 9.97 Å². The van der Waals surface area contributed by atoms with E-state index >= 15 is 0 Å². The minimum Gasteiger partial charge on any atom is -0.508 e. The summed E-state index contributed by atoms with van der Waals surface area (Å²) in [6, 6.07) is 20.2. The summed E-state index contributed by atoms with van der Waals surface area (Å²) in [7, 11) is 0. The monoisotopic (exact) mass is 328 g/mol. The van der Waals surface area contributed by atoms with Crippen molar-refractivity contribution >= 4 is 22.2 Å².